The maximum atomic E-state index is 12.5. The molecule has 1 aliphatic rings. The minimum Gasteiger partial charge on any atom is -0.354 e. The van der Waals surface area contributed by atoms with Crippen molar-refractivity contribution in [3.8, 4) is 11.3 Å². The lowest BCUT2D eigenvalue weighted by molar-refractivity contribution is -0.132. The van der Waals surface area contributed by atoms with Crippen molar-refractivity contribution < 1.29 is 4.79 Å². The number of piperidine rings is 1. The van der Waals surface area contributed by atoms with Crippen LogP contribution in [0.15, 0.2) is 35.6 Å². The Morgan fingerprint density at radius 2 is 1.91 bits per heavy atom. The maximum absolute atomic E-state index is 12.5. The van der Waals surface area contributed by atoms with Crippen LogP contribution >= 0.6 is 0 Å². The van der Waals surface area contributed by atoms with Crippen molar-refractivity contribution in [2.45, 2.75) is 52.4 Å². The van der Waals surface area contributed by atoms with E-state index in [4.69, 9.17) is 10.9 Å². The molecule has 0 bridgehead atoms. The molecule has 4 rings (SSSR count). The molecule has 1 fully saturated rings. The maximum Gasteiger partial charge on any atom is 0.244 e. The fraction of sp³-hybridized carbons (Fsp3) is 0.423. The molecule has 2 aromatic heterocycles. The van der Waals surface area contributed by atoms with E-state index >= 15 is 0 Å². The number of aromatic nitrogens is 2. The quantitative estimate of drug-likeness (QED) is 0.187. The van der Waals surface area contributed by atoms with Gasteiger partial charge in [-0.15, -0.1) is 0 Å². The Hall–Kier alpha value is -3.55. The van der Waals surface area contributed by atoms with Crippen LogP contribution in [0.5, 0.6) is 0 Å². The largest absolute Gasteiger partial charge is 0.354 e. The molecule has 3 heterocycles. The fourth-order valence-electron chi connectivity index (χ4n) is 5.10. The van der Waals surface area contributed by atoms with E-state index in [9.17, 15) is 4.79 Å². The van der Waals surface area contributed by atoms with E-state index in [0.29, 0.717) is 24.9 Å². The van der Waals surface area contributed by atoms with Gasteiger partial charge in [-0.05, 0) is 73.9 Å². The Morgan fingerprint density at radius 3 is 2.50 bits per heavy atom. The SMILES string of the molecule is Cc1cc(-c2[nH]c3ccc(C4CCN(C(=O)CN(C=N)N=N)CC4)cc3c2C(C)C)cc(C)n1. The van der Waals surface area contributed by atoms with Crippen LogP contribution in [0.25, 0.3) is 22.2 Å². The second-order valence-electron chi connectivity index (χ2n) is 9.49. The van der Waals surface area contributed by atoms with E-state index in [0.717, 1.165) is 41.1 Å². The van der Waals surface area contributed by atoms with Gasteiger partial charge in [-0.25, -0.2) is 5.01 Å². The molecule has 3 N–H and O–H groups in total. The minimum atomic E-state index is -0.0892. The Kier molecular flexibility index (Phi) is 6.77. The van der Waals surface area contributed by atoms with Crippen LogP contribution in [0.3, 0.4) is 0 Å². The molecule has 1 amide bonds. The van der Waals surface area contributed by atoms with Crippen molar-refractivity contribution in [3.63, 3.8) is 0 Å². The first-order valence-corrected chi connectivity index (χ1v) is 11.8. The molecule has 178 valence electrons. The van der Waals surface area contributed by atoms with Crippen LogP contribution in [0, 0.1) is 24.8 Å². The number of carbonyl (C=O) groups is 1. The van der Waals surface area contributed by atoms with Gasteiger partial charge >= 0.3 is 0 Å². The van der Waals surface area contributed by atoms with Gasteiger partial charge in [0, 0.05) is 40.9 Å². The zero-order valence-electron chi connectivity index (χ0n) is 20.4. The van der Waals surface area contributed by atoms with E-state index in [1.807, 2.05) is 18.7 Å². The highest BCUT2D eigenvalue weighted by molar-refractivity contribution is 5.92. The molecule has 1 aliphatic heterocycles. The van der Waals surface area contributed by atoms with E-state index in [1.165, 1.54) is 27.8 Å². The standard InChI is InChI=1S/C26H33N7O/c1-16(2)25-22-13-20(19-7-9-32(10-8-19)24(34)14-33(15-27)31-28)5-6-23(22)30-26(25)21-11-17(3)29-18(4)12-21/h5-6,11-13,15-16,19,27-28,30H,7-10,14H2,1-4H3. The molecule has 0 spiro atoms. The van der Waals surface area contributed by atoms with Crippen LogP contribution in [0.4, 0.5) is 0 Å². The molecule has 0 unspecified atom stereocenters. The number of aromatic amines is 1. The molecule has 3 aromatic rings. The molecular formula is C26H33N7O. The monoisotopic (exact) mass is 459 g/mol. The van der Waals surface area contributed by atoms with Crippen molar-refractivity contribution >= 4 is 23.1 Å². The second-order valence-corrected chi connectivity index (χ2v) is 9.49. The predicted molar refractivity (Wildman–Crippen MR) is 134 cm³/mol. The molecule has 0 aliphatic carbocycles. The van der Waals surface area contributed by atoms with Crippen molar-refractivity contribution in [3.05, 3.63) is 52.8 Å². The smallest absolute Gasteiger partial charge is 0.244 e. The summed E-state index contributed by atoms with van der Waals surface area (Å²) >= 11 is 0. The number of amides is 1. The number of aryl methyl sites for hydroxylation is 2. The molecule has 0 saturated carbocycles. The van der Waals surface area contributed by atoms with Gasteiger partial charge in [0.05, 0.1) is 5.69 Å². The predicted octanol–water partition coefficient (Wildman–Crippen LogP) is 5.53. The number of hydrogen-bond acceptors (Lipinski definition) is 5. The number of likely N-dealkylation sites (tertiary alicyclic amines) is 1. The van der Waals surface area contributed by atoms with Gasteiger partial charge in [0.2, 0.25) is 5.91 Å². The van der Waals surface area contributed by atoms with Crippen molar-refractivity contribution in [1.29, 1.82) is 10.9 Å². The summed E-state index contributed by atoms with van der Waals surface area (Å²) in [6.07, 6.45) is 2.70. The van der Waals surface area contributed by atoms with Crippen LogP contribution in [-0.4, -0.2) is 51.8 Å². The fourth-order valence-corrected chi connectivity index (χ4v) is 5.10. The summed E-state index contributed by atoms with van der Waals surface area (Å²) in [5.41, 5.74) is 15.2. The number of pyridine rings is 1. The molecule has 8 heteroatoms. The number of fused-ring (bicyclic) bond motifs is 1. The topological polar surface area (TPSA) is 112 Å². The number of hydrogen-bond donors (Lipinski definition) is 3. The van der Waals surface area contributed by atoms with E-state index in [-0.39, 0.29) is 12.5 Å². The minimum absolute atomic E-state index is 0.0541. The second kappa shape index (κ2) is 9.75. The van der Waals surface area contributed by atoms with Crippen molar-refractivity contribution in [1.82, 2.24) is 19.9 Å². The van der Waals surface area contributed by atoms with Gasteiger partial charge in [0.1, 0.15) is 12.9 Å². The van der Waals surface area contributed by atoms with Gasteiger partial charge in [-0.3, -0.25) is 15.2 Å². The van der Waals surface area contributed by atoms with Crippen LogP contribution in [-0.2, 0) is 4.79 Å². The van der Waals surface area contributed by atoms with E-state index < -0.39 is 0 Å². The van der Waals surface area contributed by atoms with Gasteiger partial charge in [0.25, 0.3) is 0 Å². The summed E-state index contributed by atoms with van der Waals surface area (Å²) in [6, 6.07) is 11.0. The Bertz CT molecular complexity index is 1190. The molecule has 0 radical (unpaired) electrons. The summed E-state index contributed by atoms with van der Waals surface area (Å²) < 4.78 is 0. The number of nitrogens with zero attached hydrogens (tertiary/aromatic N) is 4. The van der Waals surface area contributed by atoms with Gasteiger partial charge in [-0.1, -0.05) is 25.1 Å². The molecular weight excluding hydrogens is 426 g/mol. The van der Waals surface area contributed by atoms with Crippen LogP contribution in [0.2, 0.25) is 0 Å². The third-order valence-electron chi connectivity index (χ3n) is 6.70. The molecule has 1 saturated heterocycles. The average Bonchev–Trinajstić information content (AvgIpc) is 3.21. The van der Waals surface area contributed by atoms with E-state index in [2.05, 4.69) is 59.4 Å². The average molecular weight is 460 g/mol. The lowest BCUT2D eigenvalue weighted by Crippen LogP contribution is -2.42. The highest BCUT2D eigenvalue weighted by Gasteiger charge is 2.26. The zero-order valence-corrected chi connectivity index (χ0v) is 20.4. The third kappa shape index (κ3) is 4.71. The molecule has 8 nitrogen and oxygen atoms in total. The van der Waals surface area contributed by atoms with Gasteiger partial charge in [0.15, 0.2) is 0 Å². The summed E-state index contributed by atoms with van der Waals surface area (Å²) in [4.78, 5) is 22.5. The lowest BCUT2D eigenvalue weighted by Gasteiger charge is -2.32. The first kappa shape index (κ1) is 23.6. The lowest BCUT2D eigenvalue weighted by atomic mass is 9.87. The Labute approximate surface area is 200 Å². The van der Waals surface area contributed by atoms with Crippen molar-refractivity contribution in [2.75, 3.05) is 19.6 Å². The van der Waals surface area contributed by atoms with Gasteiger partial charge < -0.3 is 9.88 Å². The number of rotatable bonds is 7. The normalized spacial score (nSPS) is 14.6. The Morgan fingerprint density at radius 1 is 1.24 bits per heavy atom. The molecule has 1 aromatic carbocycles. The summed E-state index contributed by atoms with van der Waals surface area (Å²) in [5.74, 6) is 0.678. The Balaban J connectivity index is 1.58. The number of nitrogens with one attached hydrogen (secondary N) is 3. The first-order valence-electron chi connectivity index (χ1n) is 11.8. The molecule has 0 atom stereocenters. The zero-order chi connectivity index (χ0) is 24.4. The third-order valence-corrected chi connectivity index (χ3v) is 6.70. The van der Waals surface area contributed by atoms with E-state index in [1.54, 1.807) is 0 Å². The van der Waals surface area contributed by atoms with Crippen LogP contribution < -0.4 is 0 Å². The molecule has 34 heavy (non-hydrogen) atoms. The van der Waals surface area contributed by atoms with Crippen LogP contribution in [0.1, 0.15) is 61.0 Å². The number of H-pyrrole nitrogens is 1. The first-order chi connectivity index (χ1) is 16.3. The number of carbonyl (C=O) groups excluding carboxylic acids is 1. The summed E-state index contributed by atoms with van der Waals surface area (Å²) in [7, 11) is 0. The summed E-state index contributed by atoms with van der Waals surface area (Å²) in [6.45, 7) is 9.85. The highest BCUT2D eigenvalue weighted by Crippen LogP contribution is 2.38. The summed E-state index contributed by atoms with van der Waals surface area (Å²) in [5, 5.41) is 12.7. The van der Waals surface area contributed by atoms with Gasteiger partial charge in [-0.2, -0.15) is 5.53 Å². The highest BCUT2D eigenvalue weighted by atomic mass is 16.2. The van der Waals surface area contributed by atoms with Crippen molar-refractivity contribution in [2.24, 2.45) is 5.22 Å². The number of benzene rings is 1.